The van der Waals surface area contributed by atoms with E-state index in [1.165, 1.54) is 0 Å². The number of terminal acetylenes is 1. The van der Waals surface area contributed by atoms with Crippen molar-refractivity contribution in [3.05, 3.63) is 11.6 Å². The molecule has 0 unspecified atom stereocenters. The van der Waals surface area contributed by atoms with Crippen LogP contribution in [0.5, 0.6) is 0 Å². The van der Waals surface area contributed by atoms with Gasteiger partial charge in [0.1, 0.15) is 11.7 Å². The van der Waals surface area contributed by atoms with Crippen molar-refractivity contribution in [2.75, 3.05) is 0 Å². The number of hydrogen-bond acceptors (Lipinski definition) is 2. The molecule has 2 heteroatoms. The van der Waals surface area contributed by atoms with E-state index in [4.69, 9.17) is 11.2 Å². The molecule has 0 aromatic heterocycles. The Labute approximate surface area is 59.9 Å². The second-order valence-electron chi connectivity index (χ2n) is 2.21. The zero-order valence-corrected chi connectivity index (χ0v) is 5.76. The maximum atomic E-state index is 10.8. The number of esters is 1. The van der Waals surface area contributed by atoms with Crippen LogP contribution >= 0.6 is 0 Å². The molecule has 0 spiro atoms. The van der Waals surface area contributed by atoms with Crippen molar-refractivity contribution in [3.63, 3.8) is 0 Å². The summed E-state index contributed by atoms with van der Waals surface area (Å²) in [6, 6.07) is 0. The van der Waals surface area contributed by atoms with E-state index < -0.39 is 0 Å². The van der Waals surface area contributed by atoms with E-state index in [0.29, 0.717) is 5.57 Å². The van der Waals surface area contributed by atoms with E-state index in [2.05, 4.69) is 5.92 Å². The lowest BCUT2D eigenvalue weighted by Gasteiger charge is -2.15. The third-order valence-electron chi connectivity index (χ3n) is 1.34. The summed E-state index contributed by atoms with van der Waals surface area (Å²) in [4.78, 5) is 10.8. The molecule has 0 aromatic rings. The fourth-order valence-electron chi connectivity index (χ4n) is 0.779. The summed E-state index contributed by atoms with van der Waals surface area (Å²) in [6.45, 7) is 1.84. The van der Waals surface area contributed by atoms with Crippen molar-refractivity contribution in [2.24, 2.45) is 0 Å². The highest BCUT2D eigenvalue weighted by atomic mass is 16.5. The molecule has 0 saturated heterocycles. The summed E-state index contributed by atoms with van der Waals surface area (Å²) in [6.07, 6.45) is 7.46. The van der Waals surface area contributed by atoms with E-state index in [1.807, 2.05) is 6.92 Å². The van der Waals surface area contributed by atoms with Crippen LogP contribution in [0.1, 0.15) is 13.3 Å². The van der Waals surface area contributed by atoms with Crippen molar-refractivity contribution in [3.8, 4) is 12.3 Å². The summed E-state index contributed by atoms with van der Waals surface area (Å²) >= 11 is 0. The predicted molar refractivity (Wildman–Crippen MR) is 37.1 cm³/mol. The molecule has 10 heavy (non-hydrogen) atoms. The molecule has 1 aliphatic heterocycles. The lowest BCUT2D eigenvalue weighted by Crippen LogP contribution is -2.20. The second-order valence-corrected chi connectivity index (χ2v) is 2.21. The molecule has 0 amide bonds. The maximum absolute atomic E-state index is 10.8. The average Bonchev–Trinajstić information content (AvgIpc) is 1.88. The van der Waals surface area contributed by atoms with Gasteiger partial charge in [0.2, 0.25) is 0 Å². The van der Waals surface area contributed by atoms with Gasteiger partial charge in [-0.2, -0.15) is 0 Å². The molecule has 0 fully saturated rings. The summed E-state index contributed by atoms with van der Waals surface area (Å²) in [5.41, 5.74) is 0.345. The average molecular weight is 136 g/mol. The number of cyclic esters (lactones) is 1. The third kappa shape index (κ3) is 1.19. The molecule has 0 saturated carbocycles. The summed E-state index contributed by atoms with van der Waals surface area (Å²) in [5, 5.41) is 0. The molecular formula is C8H8O2. The maximum Gasteiger partial charge on any atom is 0.346 e. The van der Waals surface area contributed by atoms with E-state index >= 15 is 0 Å². The lowest BCUT2D eigenvalue weighted by molar-refractivity contribution is -0.143. The Morgan fingerprint density at radius 3 is 3.10 bits per heavy atom. The fourth-order valence-corrected chi connectivity index (χ4v) is 0.779. The molecule has 0 aromatic carbocycles. The number of ether oxygens (including phenoxy) is 1. The third-order valence-corrected chi connectivity index (χ3v) is 1.34. The molecular weight excluding hydrogens is 128 g/mol. The molecule has 1 heterocycles. The lowest BCUT2D eigenvalue weighted by atomic mass is 10.1. The molecule has 0 radical (unpaired) electrons. The SMILES string of the molecule is C#CC1=CC[C@@H](C)OC1=O. The summed E-state index contributed by atoms with van der Waals surface area (Å²) in [7, 11) is 0. The van der Waals surface area contributed by atoms with Crippen LogP contribution in [-0.2, 0) is 9.53 Å². The topological polar surface area (TPSA) is 26.3 Å². The Hall–Kier alpha value is -1.23. The zero-order chi connectivity index (χ0) is 7.56. The first-order valence-corrected chi connectivity index (χ1v) is 3.12. The minimum atomic E-state index is -0.374. The van der Waals surface area contributed by atoms with Crippen molar-refractivity contribution in [2.45, 2.75) is 19.4 Å². The van der Waals surface area contributed by atoms with Crippen LogP contribution < -0.4 is 0 Å². The van der Waals surface area contributed by atoms with Gasteiger partial charge >= 0.3 is 5.97 Å². The van der Waals surface area contributed by atoms with Crippen molar-refractivity contribution in [1.29, 1.82) is 0 Å². The van der Waals surface area contributed by atoms with Crippen molar-refractivity contribution < 1.29 is 9.53 Å². The van der Waals surface area contributed by atoms with Crippen LogP contribution in [0.25, 0.3) is 0 Å². The van der Waals surface area contributed by atoms with Crippen molar-refractivity contribution in [1.82, 2.24) is 0 Å². The van der Waals surface area contributed by atoms with Gasteiger partial charge < -0.3 is 4.74 Å². The predicted octanol–water partition coefficient (Wildman–Crippen LogP) is 0.881. The minimum absolute atomic E-state index is 0.0235. The number of carbonyl (C=O) groups is 1. The fraction of sp³-hybridized carbons (Fsp3) is 0.375. The van der Waals surface area contributed by atoms with Crippen LogP contribution in [0.15, 0.2) is 11.6 Å². The normalized spacial score (nSPS) is 24.6. The van der Waals surface area contributed by atoms with Gasteiger partial charge in [0, 0.05) is 6.42 Å². The quantitative estimate of drug-likeness (QED) is 0.365. The smallest absolute Gasteiger partial charge is 0.346 e. The van der Waals surface area contributed by atoms with E-state index in [-0.39, 0.29) is 12.1 Å². The standard InChI is InChI=1S/C8H8O2/c1-3-7-5-4-6(2)10-8(7)9/h1,5-6H,4H2,2H3/t6-/m1/s1. The van der Waals surface area contributed by atoms with E-state index in [1.54, 1.807) is 6.08 Å². The first kappa shape index (κ1) is 6.88. The van der Waals surface area contributed by atoms with Crippen LogP contribution in [-0.4, -0.2) is 12.1 Å². The van der Waals surface area contributed by atoms with Crippen LogP contribution in [0.4, 0.5) is 0 Å². The monoisotopic (exact) mass is 136 g/mol. The first-order chi connectivity index (χ1) is 4.74. The highest BCUT2D eigenvalue weighted by Gasteiger charge is 2.17. The molecule has 0 aliphatic carbocycles. The summed E-state index contributed by atoms with van der Waals surface area (Å²) < 4.78 is 4.84. The Balaban J connectivity index is 2.78. The van der Waals surface area contributed by atoms with Crippen molar-refractivity contribution >= 4 is 5.97 Å². The van der Waals surface area contributed by atoms with Gasteiger partial charge in [-0.1, -0.05) is 12.0 Å². The molecule has 0 bridgehead atoms. The van der Waals surface area contributed by atoms with E-state index in [0.717, 1.165) is 6.42 Å². The zero-order valence-electron chi connectivity index (χ0n) is 5.76. The van der Waals surface area contributed by atoms with Crippen LogP contribution in [0.2, 0.25) is 0 Å². The largest absolute Gasteiger partial charge is 0.458 e. The van der Waals surface area contributed by atoms with Gasteiger partial charge in [-0.25, -0.2) is 4.79 Å². The van der Waals surface area contributed by atoms with Gasteiger partial charge in [0.05, 0.1) is 0 Å². The highest BCUT2D eigenvalue weighted by molar-refractivity contribution is 5.93. The number of carbonyl (C=O) groups excluding carboxylic acids is 1. The highest BCUT2D eigenvalue weighted by Crippen LogP contribution is 2.11. The van der Waals surface area contributed by atoms with Crippen LogP contribution in [0, 0.1) is 12.3 Å². The Morgan fingerprint density at radius 2 is 2.60 bits per heavy atom. The van der Waals surface area contributed by atoms with Gasteiger partial charge in [-0.3, -0.25) is 0 Å². The Bertz CT molecular complexity index is 220. The molecule has 1 rings (SSSR count). The minimum Gasteiger partial charge on any atom is -0.458 e. The van der Waals surface area contributed by atoms with Gasteiger partial charge in [0.25, 0.3) is 0 Å². The molecule has 52 valence electrons. The molecule has 1 atom stereocenters. The first-order valence-electron chi connectivity index (χ1n) is 3.12. The number of hydrogen-bond donors (Lipinski definition) is 0. The Kier molecular flexibility index (Phi) is 1.77. The molecule has 1 aliphatic rings. The molecule has 0 N–H and O–H groups in total. The van der Waals surface area contributed by atoms with Gasteiger partial charge in [-0.15, -0.1) is 6.42 Å². The number of rotatable bonds is 0. The van der Waals surface area contributed by atoms with Crippen LogP contribution in [0.3, 0.4) is 0 Å². The van der Waals surface area contributed by atoms with Gasteiger partial charge in [0.15, 0.2) is 0 Å². The molecule has 2 nitrogen and oxygen atoms in total. The Morgan fingerprint density at radius 1 is 1.90 bits per heavy atom. The summed E-state index contributed by atoms with van der Waals surface area (Å²) in [5.74, 6) is 1.89. The van der Waals surface area contributed by atoms with E-state index in [9.17, 15) is 4.79 Å². The van der Waals surface area contributed by atoms with Gasteiger partial charge in [-0.05, 0) is 6.92 Å². The second kappa shape index (κ2) is 2.57.